The predicted octanol–water partition coefficient (Wildman–Crippen LogP) is 4.30. The first-order valence-electron chi connectivity index (χ1n) is 9.92. The van der Waals surface area contributed by atoms with Crippen LogP contribution in [0, 0.1) is 0 Å². The molecule has 0 aliphatic carbocycles. The SMILES string of the molecule is CNC(=O)c1ccc(CNC(=O)c2ccc(COc3ccc4ccccc4c3)o2)cc1. The average Bonchev–Trinajstić information content (AvgIpc) is 3.30. The zero-order chi connectivity index (χ0) is 21.6. The van der Waals surface area contributed by atoms with Gasteiger partial charge in [0.2, 0.25) is 0 Å². The van der Waals surface area contributed by atoms with Crippen molar-refractivity contribution in [2.75, 3.05) is 7.05 Å². The molecule has 0 spiro atoms. The number of ether oxygens (including phenoxy) is 1. The van der Waals surface area contributed by atoms with E-state index in [2.05, 4.69) is 10.6 Å². The minimum Gasteiger partial charge on any atom is -0.486 e. The molecule has 4 rings (SSSR count). The molecule has 1 heterocycles. The lowest BCUT2D eigenvalue weighted by Crippen LogP contribution is -2.22. The predicted molar refractivity (Wildman–Crippen MR) is 118 cm³/mol. The summed E-state index contributed by atoms with van der Waals surface area (Å²) in [4.78, 5) is 23.9. The highest BCUT2D eigenvalue weighted by Crippen LogP contribution is 2.21. The molecule has 0 atom stereocenters. The number of nitrogens with one attached hydrogen (secondary N) is 2. The van der Waals surface area contributed by atoms with Gasteiger partial charge in [-0.2, -0.15) is 0 Å². The van der Waals surface area contributed by atoms with Crippen molar-refractivity contribution in [3.05, 3.63) is 102 Å². The number of rotatable bonds is 7. The summed E-state index contributed by atoms with van der Waals surface area (Å²) in [5, 5.41) is 7.63. The molecule has 0 fully saturated rings. The van der Waals surface area contributed by atoms with Crippen LogP contribution in [-0.2, 0) is 13.2 Å². The Morgan fingerprint density at radius 1 is 0.871 bits per heavy atom. The van der Waals surface area contributed by atoms with Gasteiger partial charge in [0.05, 0.1) is 0 Å². The third-order valence-electron chi connectivity index (χ3n) is 4.88. The second-order valence-electron chi connectivity index (χ2n) is 7.02. The van der Waals surface area contributed by atoms with E-state index in [0.717, 1.165) is 22.1 Å². The number of furan rings is 1. The highest BCUT2D eigenvalue weighted by atomic mass is 16.5. The maximum Gasteiger partial charge on any atom is 0.287 e. The number of fused-ring (bicyclic) bond motifs is 1. The van der Waals surface area contributed by atoms with Gasteiger partial charge in [0.1, 0.15) is 18.1 Å². The van der Waals surface area contributed by atoms with Crippen LogP contribution in [0.2, 0.25) is 0 Å². The Morgan fingerprint density at radius 3 is 2.42 bits per heavy atom. The van der Waals surface area contributed by atoms with Gasteiger partial charge < -0.3 is 19.8 Å². The van der Waals surface area contributed by atoms with E-state index in [1.807, 2.05) is 42.5 Å². The van der Waals surface area contributed by atoms with Gasteiger partial charge in [-0.25, -0.2) is 0 Å². The van der Waals surface area contributed by atoms with Crippen LogP contribution in [0.5, 0.6) is 5.75 Å². The van der Waals surface area contributed by atoms with E-state index >= 15 is 0 Å². The second-order valence-corrected chi connectivity index (χ2v) is 7.02. The van der Waals surface area contributed by atoms with E-state index in [1.165, 1.54) is 0 Å². The Balaban J connectivity index is 1.31. The van der Waals surface area contributed by atoms with Gasteiger partial charge in [0.25, 0.3) is 11.8 Å². The third-order valence-corrected chi connectivity index (χ3v) is 4.88. The van der Waals surface area contributed by atoms with Crippen molar-refractivity contribution in [1.82, 2.24) is 10.6 Å². The lowest BCUT2D eigenvalue weighted by Gasteiger charge is -2.06. The zero-order valence-electron chi connectivity index (χ0n) is 17.1. The minimum atomic E-state index is -0.313. The van der Waals surface area contributed by atoms with Gasteiger partial charge in [0, 0.05) is 19.2 Å². The fourth-order valence-corrected chi connectivity index (χ4v) is 3.18. The van der Waals surface area contributed by atoms with Gasteiger partial charge in [-0.15, -0.1) is 0 Å². The first-order valence-corrected chi connectivity index (χ1v) is 9.92. The number of carbonyl (C=O) groups is 2. The zero-order valence-corrected chi connectivity index (χ0v) is 17.1. The van der Waals surface area contributed by atoms with E-state index in [9.17, 15) is 9.59 Å². The normalized spacial score (nSPS) is 10.6. The third kappa shape index (κ3) is 4.93. The first kappa shape index (κ1) is 20.2. The maximum absolute atomic E-state index is 12.4. The lowest BCUT2D eigenvalue weighted by atomic mass is 10.1. The molecule has 31 heavy (non-hydrogen) atoms. The molecule has 6 heteroatoms. The van der Waals surface area contributed by atoms with Crippen molar-refractivity contribution in [3.63, 3.8) is 0 Å². The van der Waals surface area contributed by atoms with Crippen molar-refractivity contribution >= 4 is 22.6 Å². The first-order chi connectivity index (χ1) is 15.1. The van der Waals surface area contributed by atoms with Gasteiger partial charge >= 0.3 is 0 Å². The molecule has 1 aromatic heterocycles. The fraction of sp³-hybridized carbons (Fsp3) is 0.120. The molecule has 2 N–H and O–H groups in total. The molecular weight excluding hydrogens is 392 g/mol. The molecule has 0 radical (unpaired) electrons. The number of hydrogen-bond donors (Lipinski definition) is 2. The van der Waals surface area contributed by atoms with Crippen LogP contribution in [0.15, 0.2) is 83.3 Å². The van der Waals surface area contributed by atoms with Crippen molar-refractivity contribution in [2.45, 2.75) is 13.2 Å². The van der Waals surface area contributed by atoms with Crippen molar-refractivity contribution < 1.29 is 18.7 Å². The largest absolute Gasteiger partial charge is 0.486 e. The summed E-state index contributed by atoms with van der Waals surface area (Å²) in [5.74, 6) is 1.06. The standard InChI is InChI=1S/C25H22N2O4/c1-26-24(28)19-8-6-17(7-9-19)15-27-25(29)23-13-12-22(31-23)16-30-21-11-10-18-4-2-3-5-20(18)14-21/h2-14H,15-16H2,1H3,(H,26,28)(H,27,29). The Kier molecular flexibility index (Phi) is 5.98. The van der Waals surface area contributed by atoms with Gasteiger partial charge in [-0.3, -0.25) is 9.59 Å². The summed E-state index contributed by atoms with van der Waals surface area (Å²) in [5.41, 5.74) is 1.45. The Morgan fingerprint density at radius 2 is 1.65 bits per heavy atom. The van der Waals surface area contributed by atoms with Crippen LogP contribution in [0.25, 0.3) is 10.8 Å². The van der Waals surface area contributed by atoms with Crippen LogP contribution in [0.1, 0.15) is 32.2 Å². The highest BCUT2D eigenvalue weighted by Gasteiger charge is 2.12. The summed E-state index contributed by atoms with van der Waals surface area (Å²) >= 11 is 0. The van der Waals surface area contributed by atoms with Crippen LogP contribution in [0.4, 0.5) is 0 Å². The van der Waals surface area contributed by atoms with E-state index in [4.69, 9.17) is 9.15 Å². The van der Waals surface area contributed by atoms with Crippen LogP contribution >= 0.6 is 0 Å². The van der Waals surface area contributed by atoms with Crippen LogP contribution in [0.3, 0.4) is 0 Å². The van der Waals surface area contributed by atoms with E-state index in [0.29, 0.717) is 17.9 Å². The molecule has 156 valence electrons. The average molecular weight is 414 g/mol. The number of amides is 2. The van der Waals surface area contributed by atoms with Crippen molar-refractivity contribution in [2.24, 2.45) is 0 Å². The summed E-state index contributed by atoms with van der Waals surface area (Å²) in [6.45, 7) is 0.559. The van der Waals surface area contributed by atoms with E-state index in [1.54, 1.807) is 43.4 Å². The topological polar surface area (TPSA) is 80.6 Å². The van der Waals surface area contributed by atoms with Gasteiger partial charge in [-0.1, -0.05) is 42.5 Å². The molecule has 0 saturated heterocycles. The number of carbonyl (C=O) groups excluding carboxylic acids is 2. The molecule has 0 saturated carbocycles. The lowest BCUT2D eigenvalue weighted by molar-refractivity contribution is 0.0917. The molecule has 6 nitrogen and oxygen atoms in total. The van der Waals surface area contributed by atoms with Crippen LogP contribution < -0.4 is 15.4 Å². The van der Waals surface area contributed by atoms with Gasteiger partial charge in [0.15, 0.2) is 5.76 Å². The quantitative estimate of drug-likeness (QED) is 0.472. The van der Waals surface area contributed by atoms with Crippen LogP contribution in [-0.4, -0.2) is 18.9 Å². The fourth-order valence-electron chi connectivity index (χ4n) is 3.18. The number of hydrogen-bond acceptors (Lipinski definition) is 4. The highest BCUT2D eigenvalue weighted by molar-refractivity contribution is 5.94. The van der Waals surface area contributed by atoms with E-state index < -0.39 is 0 Å². The molecule has 4 aromatic rings. The number of benzene rings is 3. The molecule has 0 aliphatic heterocycles. The monoisotopic (exact) mass is 414 g/mol. The molecule has 3 aromatic carbocycles. The molecular formula is C25H22N2O4. The molecule has 0 unspecified atom stereocenters. The van der Waals surface area contributed by atoms with Crippen molar-refractivity contribution in [3.8, 4) is 5.75 Å². The van der Waals surface area contributed by atoms with E-state index in [-0.39, 0.29) is 24.2 Å². The summed E-state index contributed by atoms with van der Waals surface area (Å²) in [6.07, 6.45) is 0. The van der Waals surface area contributed by atoms with Gasteiger partial charge in [-0.05, 0) is 52.7 Å². The Bertz CT molecular complexity index is 1210. The summed E-state index contributed by atoms with van der Waals surface area (Å²) in [6, 6.07) is 24.4. The minimum absolute atomic E-state index is 0.149. The second kappa shape index (κ2) is 9.17. The summed E-state index contributed by atoms with van der Waals surface area (Å²) < 4.78 is 11.4. The Hall–Kier alpha value is -4.06. The summed E-state index contributed by atoms with van der Waals surface area (Å²) in [7, 11) is 1.58. The molecule has 0 bridgehead atoms. The maximum atomic E-state index is 12.4. The molecule has 0 aliphatic rings. The Labute approximate surface area is 179 Å². The van der Waals surface area contributed by atoms with Crippen molar-refractivity contribution in [1.29, 1.82) is 0 Å². The molecule has 2 amide bonds. The smallest absolute Gasteiger partial charge is 0.287 e.